The lowest BCUT2D eigenvalue weighted by Crippen LogP contribution is -2.16. The second-order valence-corrected chi connectivity index (χ2v) is 9.39. The fourth-order valence-electron chi connectivity index (χ4n) is 4.11. The number of amides is 1. The third kappa shape index (κ3) is 6.80. The molecule has 0 spiro atoms. The molecule has 0 aliphatic rings. The molecule has 0 aliphatic heterocycles. The normalized spacial score (nSPS) is 11.6. The number of nitrogens with zero attached hydrogens (tertiary/aromatic N) is 5. The zero-order valence-corrected chi connectivity index (χ0v) is 22.1. The van der Waals surface area contributed by atoms with Crippen molar-refractivity contribution in [1.82, 2.24) is 24.9 Å². The van der Waals surface area contributed by atoms with Gasteiger partial charge in [0.15, 0.2) is 0 Å². The van der Waals surface area contributed by atoms with Gasteiger partial charge in [-0.15, -0.1) is 5.10 Å². The van der Waals surface area contributed by atoms with Crippen molar-refractivity contribution in [2.75, 3.05) is 33.1 Å². The molecular weight excluding hydrogens is 509 g/mol. The van der Waals surface area contributed by atoms with Crippen LogP contribution in [0.15, 0.2) is 61.1 Å². The van der Waals surface area contributed by atoms with Crippen LogP contribution in [0.25, 0.3) is 16.9 Å². The van der Waals surface area contributed by atoms with E-state index in [4.69, 9.17) is 4.74 Å². The molecule has 0 atom stereocenters. The van der Waals surface area contributed by atoms with Crippen LogP contribution in [0.1, 0.15) is 33.5 Å². The van der Waals surface area contributed by atoms with Crippen LogP contribution in [0.3, 0.4) is 0 Å². The Hall–Kier alpha value is -4.25. The Bertz CT molecular complexity index is 1470. The van der Waals surface area contributed by atoms with Crippen LogP contribution in [0, 0.1) is 6.92 Å². The summed E-state index contributed by atoms with van der Waals surface area (Å²) in [4.78, 5) is 19.1. The van der Waals surface area contributed by atoms with E-state index in [2.05, 4.69) is 20.6 Å². The molecule has 0 unspecified atom stereocenters. The summed E-state index contributed by atoms with van der Waals surface area (Å²) in [5, 5.41) is 11.0. The fourth-order valence-corrected chi connectivity index (χ4v) is 4.11. The molecule has 0 saturated heterocycles. The lowest BCUT2D eigenvalue weighted by molar-refractivity contribution is -0.138. The number of aryl methyl sites for hydroxylation is 2. The van der Waals surface area contributed by atoms with Crippen LogP contribution in [-0.4, -0.2) is 58.5 Å². The molecule has 39 heavy (non-hydrogen) atoms. The topological polar surface area (TPSA) is 85.2 Å². The van der Waals surface area contributed by atoms with Gasteiger partial charge in [-0.05, 0) is 81.9 Å². The van der Waals surface area contributed by atoms with E-state index in [-0.39, 0.29) is 23.2 Å². The maximum Gasteiger partial charge on any atom is 0.416 e. The number of anilines is 1. The predicted molar refractivity (Wildman–Crippen MR) is 142 cm³/mol. The van der Waals surface area contributed by atoms with Crippen molar-refractivity contribution in [1.29, 1.82) is 0 Å². The summed E-state index contributed by atoms with van der Waals surface area (Å²) in [5.74, 6) is 0.0363. The third-order valence-electron chi connectivity index (χ3n) is 6.18. The maximum absolute atomic E-state index is 13.8. The summed E-state index contributed by atoms with van der Waals surface area (Å²) in [6.45, 7) is 2.53. The first-order chi connectivity index (χ1) is 18.5. The van der Waals surface area contributed by atoms with Gasteiger partial charge >= 0.3 is 6.18 Å². The minimum atomic E-state index is -4.53. The van der Waals surface area contributed by atoms with Crippen LogP contribution < -0.4 is 10.1 Å². The summed E-state index contributed by atoms with van der Waals surface area (Å²) in [6, 6.07) is 10.7. The quantitative estimate of drug-likeness (QED) is 0.307. The number of hydrogen-bond acceptors (Lipinski definition) is 6. The molecule has 4 rings (SSSR count). The molecule has 4 aromatic rings. The molecule has 2 aromatic heterocycles. The highest BCUT2D eigenvalue weighted by atomic mass is 19.4. The Kier molecular flexibility index (Phi) is 8.29. The number of methoxy groups -OCH3 is 1. The van der Waals surface area contributed by atoms with E-state index in [1.807, 2.05) is 25.9 Å². The average Bonchev–Trinajstić information content (AvgIpc) is 3.39. The monoisotopic (exact) mass is 538 g/mol. The Morgan fingerprint density at radius 1 is 1.10 bits per heavy atom. The lowest BCUT2D eigenvalue weighted by atomic mass is 10.0. The zero-order chi connectivity index (χ0) is 28.2. The van der Waals surface area contributed by atoms with Crippen molar-refractivity contribution < 1.29 is 22.7 Å². The third-order valence-corrected chi connectivity index (χ3v) is 6.18. The Morgan fingerprint density at radius 3 is 2.62 bits per heavy atom. The molecule has 1 amide bonds. The van der Waals surface area contributed by atoms with Gasteiger partial charge in [-0.3, -0.25) is 9.78 Å². The molecule has 2 heterocycles. The van der Waals surface area contributed by atoms with Gasteiger partial charge in [-0.2, -0.15) is 13.2 Å². The van der Waals surface area contributed by atoms with Gasteiger partial charge in [0.2, 0.25) is 0 Å². The number of pyridine rings is 1. The SMILES string of the molecule is COc1cncc(-c2cn(-c3cc(C(=O)Nc4ccc(CCCN(C)C)c(C(F)(F)F)c4)ccc3C)nn2)c1. The Morgan fingerprint density at radius 2 is 1.90 bits per heavy atom. The summed E-state index contributed by atoms with van der Waals surface area (Å²) in [6.07, 6.45) is 1.26. The zero-order valence-electron chi connectivity index (χ0n) is 22.1. The maximum atomic E-state index is 13.8. The summed E-state index contributed by atoms with van der Waals surface area (Å²) in [5.41, 5.74) is 2.48. The van der Waals surface area contributed by atoms with Gasteiger partial charge < -0.3 is 15.0 Å². The molecular formula is C28H29F3N6O2. The first-order valence-electron chi connectivity index (χ1n) is 12.2. The Balaban J connectivity index is 1.56. The minimum Gasteiger partial charge on any atom is -0.495 e. The van der Waals surface area contributed by atoms with Crippen molar-refractivity contribution in [3.05, 3.63) is 83.3 Å². The van der Waals surface area contributed by atoms with E-state index in [0.717, 1.165) is 11.6 Å². The number of hydrogen-bond donors (Lipinski definition) is 1. The summed E-state index contributed by atoms with van der Waals surface area (Å²) >= 11 is 0. The van der Waals surface area contributed by atoms with Crippen LogP contribution in [0.5, 0.6) is 5.75 Å². The Labute approximate surface area is 224 Å². The first-order valence-corrected chi connectivity index (χ1v) is 12.2. The molecule has 204 valence electrons. The molecule has 0 aliphatic carbocycles. The number of carbonyl (C=O) groups is 1. The largest absolute Gasteiger partial charge is 0.495 e. The van der Waals surface area contributed by atoms with E-state index >= 15 is 0 Å². The van der Waals surface area contributed by atoms with Crippen molar-refractivity contribution in [3.63, 3.8) is 0 Å². The molecule has 8 nitrogen and oxygen atoms in total. The molecule has 0 fully saturated rings. The van der Waals surface area contributed by atoms with Crippen molar-refractivity contribution in [3.8, 4) is 22.7 Å². The second-order valence-electron chi connectivity index (χ2n) is 9.39. The van der Waals surface area contributed by atoms with E-state index in [9.17, 15) is 18.0 Å². The fraction of sp³-hybridized carbons (Fsp3) is 0.286. The average molecular weight is 539 g/mol. The van der Waals surface area contributed by atoms with Gasteiger partial charge in [0.25, 0.3) is 5.91 Å². The second kappa shape index (κ2) is 11.6. The number of halogens is 3. The van der Waals surface area contributed by atoms with Crippen LogP contribution in [0.2, 0.25) is 0 Å². The van der Waals surface area contributed by atoms with E-state index < -0.39 is 17.6 Å². The standard InChI is InChI=1S/C28H29F3N6O2/c1-18-7-8-20(13-26(18)37-17-25(34-35-37)21-12-23(39-4)16-32-15-21)27(38)33-22-10-9-19(6-5-11-36(2)3)24(14-22)28(29,30)31/h7-10,12-17H,5-6,11H2,1-4H3,(H,33,38). The summed E-state index contributed by atoms with van der Waals surface area (Å²) in [7, 11) is 5.29. The predicted octanol–water partition coefficient (Wildman–Crippen LogP) is 5.41. The van der Waals surface area contributed by atoms with Crippen LogP contribution >= 0.6 is 0 Å². The van der Waals surface area contributed by atoms with Crippen molar-refractivity contribution in [2.24, 2.45) is 0 Å². The van der Waals surface area contributed by atoms with E-state index in [1.165, 1.54) is 16.8 Å². The number of alkyl halides is 3. The van der Waals surface area contributed by atoms with Gasteiger partial charge in [0.05, 0.1) is 30.8 Å². The smallest absolute Gasteiger partial charge is 0.416 e. The van der Waals surface area contributed by atoms with Crippen molar-refractivity contribution >= 4 is 11.6 Å². The number of nitrogens with one attached hydrogen (secondary N) is 1. The van der Waals surface area contributed by atoms with E-state index in [0.29, 0.717) is 35.7 Å². The highest BCUT2D eigenvalue weighted by Crippen LogP contribution is 2.34. The molecule has 11 heteroatoms. The number of aromatic nitrogens is 4. The van der Waals surface area contributed by atoms with Gasteiger partial charge in [0.1, 0.15) is 11.4 Å². The highest BCUT2D eigenvalue weighted by molar-refractivity contribution is 6.04. The number of benzene rings is 2. The summed E-state index contributed by atoms with van der Waals surface area (Å²) < 4.78 is 48.1. The molecule has 0 saturated carbocycles. The van der Waals surface area contributed by atoms with Crippen LogP contribution in [0.4, 0.5) is 18.9 Å². The van der Waals surface area contributed by atoms with Gasteiger partial charge in [-0.25, -0.2) is 4.68 Å². The number of rotatable bonds is 9. The van der Waals surface area contributed by atoms with Crippen LogP contribution in [-0.2, 0) is 12.6 Å². The number of ether oxygens (including phenoxy) is 1. The highest BCUT2D eigenvalue weighted by Gasteiger charge is 2.33. The number of carbonyl (C=O) groups excluding carboxylic acids is 1. The minimum absolute atomic E-state index is 0.0689. The van der Waals surface area contributed by atoms with E-state index in [1.54, 1.807) is 50.0 Å². The first kappa shape index (κ1) is 27.8. The lowest BCUT2D eigenvalue weighted by Gasteiger charge is -2.16. The molecule has 1 N–H and O–H groups in total. The van der Waals surface area contributed by atoms with Crippen molar-refractivity contribution in [2.45, 2.75) is 25.9 Å². The van der Waals surface area contributed by atoms with Gasteiger partial charge in [0, 0.05) is 23.0 Å². The molecule has 0 bridgehead atoms. The molecule has 0 radical (unpaired) electrons. The molecule has 2 aromatic carbocycles. The van der Waals surface area contributed by atoms with Gasteiger partial charge in [-0.1, -0.05) is 17.3 Å².